The first kappa shape index (κ1) is 18.1. The van der Waals surface area contributed by atoms with Gasteiger partial charge >= 0.3 is 0 Å². The van der Waals surface area contributed by atoms with Crippen molar-refractivity contribution in [3.63, 3.8) is 0 Å². The Balaban J connectivity index is 1.36. The van der Waals surface area contributed by atoms with Crippen LogP contribution in [0.2, 0.25) is 0 Å². The average molecular weight is 385 g/mol. The smallest absolute Gasteiger partial charge is 0.244 e. The number of benzene rings is 1. The minimum absolute atomic E-state index is 0.0372. The Morgan fingerprint density at radius 1 is 1.07 bits per heavy atom. The van der Waals surface area contributed by atoms with Gasteiger partial charge in [-0.05, 0) is 48.9 Å². The molecular weight excluding hydrogens is 362 g/mol. The molecule has 6 nitrogen and oxygen atoms in total. The van der Waals surface area contributed by atoms with Crippen molar-refractivity contribution in [3.8, 4) is 0 Å². The van der Waals surface area contributed by atoms with Gasteiger partial charge in [-0.25, -0.2) is 8.42 Å². The van der Waals surface area contributed by atoms with Gasteiger partial charge in [-0.3, -0.25) is 9.78 Å². The summed E-state index contributed by atoms with van der Waals surface area (Å²) >= 11 is 0. The second kappa shape index (κ2) is 7.40. The second-order valence-electron chi connectivity index (χ2n) is 7.17. The van der Waals surface area contributed by atoms with Crippen LogP contribution in [0, 0.1) is 5.92 Å². The number of hydrogen-bond acceptors (Lipinski definition) is 4. The number of fused-ring (bicyclic) bond motifs is 1. The van der Waals surface area contributed by atoms with Crippen LogP contribution in [0.5, 0.6) is 0 Å². The van der Waals surface area contributed by atoms with Gasteiger partial charge < -0.3 is 5.32 Å². The van der Waals surface area contributed by atoms with E-state index in [0.717, 1.165) is 12.8 Å². The maximum Gasteiger partial charge on any atom is 0.244 e. The number of rotatable bonds is 4. The minimum Gasteiger partial charge on any atom is -0.349 e. The van der Waals surface area contributed by atoms with E-state index in [-0.39, 0.29) is 22.8 Å². The highest BCUT2D eigenvalue weighted by Crippen LogP contribution is 2.32. The molecule has 1 amide bonds. The molecule has 0 radical (unpaired) electrons. The van der Waals surface area contributed by atoms with Crippen molar-refractivity contribution in [2.75, 3.05) is 13.1 Å². The summed E-state index contributed by atoms with van der Waals surface area (Å²) in [6.45, 7) is 0.715. The summed E-state index contributed by atoms with van der Waals surface area (Å²) in [6, 6.07) is 11.5. The molecule has 2 aromatic rings. The van der Waals surface area contributed by atoms with Crippen LogP contribution >= 0.6 is 0 Å². The molecule has 1 aliphatic carbocycles. The van der Waals surface area contributed by atoms with Crippen LogP contribution in [-0.2, 0) is 21.2 Å². The number of aryl methyl sites for hydroxylation is 1. The molecule has 142 valence electrons. The molecule has 0 unspecified atom stereocenters. The number of carbonyl (C=O) groups excluding carboxylic acids is 1. The van der Waals surface area contributed by atoms with E-state index in [4.69, 9.17) is 0 Å². The van der Waals surface area contributed by atoms with E-state index in [9.17, 15) is 13.2 Å². The number of amides is 1. The van der Waals surface area contributed by atoms with Gasteiger partial charge in [0.1, 0.15) is 4.90 Å². The first-order valence-corrected chi connectivity index (χ1v) is 10.8. The lowest BCUT2D eigenvalue weighted by Gasteiger charge is -2.31. The zero-order chi connectivity index (χ0) is 18.9. The van der Waals surface area contributed by atoms with Gasteiger partial charge in [0.15, 0.2) is 0 Å². The quantitative estimate of drug-likeness (QED) is 0.876. The Hall–Kier alpha value is -2.25. The van der Waals surface area contributed by atoms with Crippen LogP contribution in [0.1, 0.15) is 36.4 Å². The van der Waals surface area contributed by atoms with Gasteiger partial charge in [-0.1, -0.05) is 24.3 Å². The molecule has 1 saturated heterocycles. The molecular formula is C20H23N3O3S. The molecule has 0 saturated carbocycles. The van der Waals surface area contributed by atoms with Crippen LogP contribution in [0.15, 0.2) is 53.7 Å². The van der Waals surface area contributed by atoms with Crippen LogP contribution in [-0.4, -0.2) is 36.7 Å². The SMILES string of the molecule is O=C(N[C@H]1CCc2ccccc21)C1CCN(S(=O)(=O)c2cccnc2)CC1. The zero-order valence-corrected chi connectivity index (χ0v) is 15.9. The lowest BCUT2D eigenvalue weighted by Crippen LogP contribution is -2.43. The molecule has 27 heavy (non-hydrogen) atoms. The van der Waals surface area contributed by atoms with Crippen LogP contribution in [0.25, 0.3) is 0 Å². The average Bonchev–Trinajstić information content (AvgIpc) is 3.12. The molecule has 1 aromatic heterocycles. The van der Waals surface area contributed by atoms with Gasteiger partial charge in [0.2, 0.25) is 15.9 Å². The third-order valence-electron chi connectivity index (χ3n) is 5.55. The lowest BCUT2D eigenvalue weighted by molar-refractivity contribution is -0.126. The first-order chi connectivity index (χ1) is 13.1. The van der Waals surface area contributed by atoms with E-state index < -0.39 is 10.0 Å². The summed E-state index contributed by atoms with van der Waals surface area (Å²) in [6.07, 6.45) is 5.92. The number of sulfonamides is 1. The van der Waals surface area contributed by atoms with E-state index in [1.54, 1.807) is 18.3 Å². The van der Waals surface area contributed by atoms with E-state index >= 15 is 0 Å². The molecule has 1 aliphatic heterocycles. The standard InChI is InChI=1S/C20H23N3O3S/c24-20(22-19-8-7-15-4-1-2-6-18(15)19)16-9-12-23(13-10-16)27(25,26)17-5-3-11-21-14-17/h1-6,11,14,16,19H,7-10,12-13H2,(H,22,24)/t19-/m0/s1. The van der Waals surface area contributed by atoms with E-state index in [2.05, 4.69) is 22.4 Å². The fourth-order valence-electron chi connectivity index (χ4n) is 4.00. The first-order valence-electron chi connectivity index (χ1n) is 9.34. The normalized spacial score (nSPS) is 21.0. The summed E-state index contributed by atoms with van der Waals surface area (Å²) in [4.78, 5) is 16.8. The van der Waals surface area contributed by atoms with Crippen molar-refractivity contribution in [1.29, 1.82) is 0 Å². The van der Waals surface area contributed by atoms with Gasteiger partial charge in [0, 0.05) is 31.4 Å². The topological polar surface area (TPSA) is 79.4 Å². The maximum atomic E-state index is 12.7. The summed E-state index contributed by atoms with van der Waals surface area (Å²) < 4.78 is 26.8. The molecule has 7 heteroatoms. The Labute approximate surface area is 159 Å². The number of nitrogens with one attached hydrogen (secondary N) is 1. The Morgan fingerprint density at radius 3 is 2.59 bits per heavy atom. The molecule has 1 fully saturated rings. The van der Waals surface area contributed by atoms with E-state index in [1.807, 2.05) is 12.1 Å². The third-order valence-corrected chi connectivity index (χ3v) is 7.43. The van der Waals surface area contributed by atoms with E-state index in [1.165, 1.54) is 21.6 Å². The second-order valence-corrected chi connectivity index (χ2v) is 9.10. The van der Waals surface area contributed by atoms with Crippen molar-refractivity contribution >= 4 is 15.9 Å². The number of hydrogen-bond donors (Lipinski definition) is 1. The highest BCUT2D eigenvalue weighted by Gasteiger charge is 2.33. The molecule has 0 spiro atoms. The molecule has 2 aliphatic rings. The van der Waals surface area contributed by atoms with Crippen LogP contribution < -0.4 is 5.32 Å². The highest BCUT2D eigenvalue weighted by molar-refractivity contribution is 7.89. The maximum absolute atomic E-state index is 12.7. The zero-order valence-electron chi connectivity index (χ0n) is 15.0. The number of aromatic nitrogens is 1. The van der Waals surface area contributed by atoms with Crippen LogP contribution in [0.4, 0.5) is 0 Å². The summed E-state index contributed by atoms with van der Waals surface area (Å²) in [7, 11) is -3.53. The van der Waals surface area contributed by atoms with Crippen molar-refractivity contribution in [1.82, 2.24) is 14.6 Å². The highest BCUT2D eigenvalue weighted by atomic mass is 32.2. The Kier molecular flexibility index (Phi) is 4.97. The molecule has 2 heterocycles. The number of pyridine rings is 1. The number of carbonyl (C=O) groups is 1. The number of nitrogens with zero attached hydrogens (tertiary/aromatic N) is 2. The van der Waals surface area contributed by atoms with Crippen molar-refractivity contribution < 1.29 is 13.2 Å². The predicted molar refractivity (Wildman–Crippen MR) is 101 cm³/mol. The number of piperidine rings is 1. The largest absolute Gasteiger partial charge is 0.349 e. The molecule has 4 rings (SSSR count). The van der Waals surface area contributed by atoms with Gasteiger partial charge in [0.25, 0.3) is 0 Å². The van der Waals surface area contributed by atoms with Gasteiger partial charge in [0.05, 0.1) is 6.04 Å². The minimum atomic E-state index is -3.53. The Morgan fingerprint density at radius 2 is 1.85 bits per heavy atom. The van der Waals surface area contributed by atoms with Crippen molar-refractivity contribution in [2.24, 2.45) is 5.92 Å². The molecule has 0 bridgehead atoms. The van der Waals surface area contributed by atoms with E-state index in [0.29, 0.717) is 25.9 Å². The summed E-state index contributed by atoms with van der Waals surface area (Å²) in [5.74, 6) is -0.103. The summed E-state index contributed by atoms with van der Waals surface area (Å²) in [5.41, 5.74) is 2.52. The fraction of sp³-hybridized carbons (Fsp3) is 0.400. The lowest BCUT2D eigenvalue weighted by atomic mass is 9.96. The monoisotopic (exact) mass is 385 g/mol. The molecule has 1 aromatic carbocycles. The summed E-state index contributed by atoms with van der Waals surface area (Å²) in [5, 5.41) is 3.17. The van der Waals surface area contributed by atoms with Gasteiger partial charge in [-0.2, -0.15) is 4.31 Å². The fourth-order valence-corrected chi connectivity index (χ4v) is 5.44. The van der Waals surface area contributed by atoms with Gasteiger partial charge in [-0.15, -0.1) is 0 Å². The van der Waals surface area contributed by atoms with Crippen molar-refractivity contribution in [3.05, 3.63) is 59.9 Å². The molecule has 1 atom stereocenters. The third kappa shape index (κ3) is 3.61. The van der Waals surface area contributed by atoms with Crippen molar-refractivity contribution in [2.45, 2.75) is 36.6 Å². The molecule has 1 N–H and O–H groups in total. The predicted octanol–water partition coefficient (Wildman–Crippen LogP) is 2.29. The Bertz CT molecular complexity index is 922. The van der Waals surface area contributed by atoms with Crippen LogP contribution in [0.3, 0.4) is 0 Å².